The number of rotatable bonds is 3. The number of benzene rings is 1. The number of aromatic nitrogens is 3. The molecule has 0 spiro atoms. The second-order valence-electron chi connectivity index (χ2n) is 4.64. The Bertz CT molecular complexity index is 763. The molecule has 1 unspecified atom stereocenters. The molecule has 0 aliphatic rings. The SMILES string of the molecule is Cc1cnc(Cn2c(C(C)Cl)nc3c(F)cccc32)s1. The van der Waals surface area contributed by atoms with E-state index in [1.165, 1.54) is 6.07 Å². The maximum Gasteiger partial charge on any atom is 0.151 e. The Labute approximate surface area is 125 Å². The van der Waals surface area contributed by atoms with Crippen LogP contribution in [0.15, 0.2) is 24.4 Å². The Kier molecular flexibility index (Phi) is 3.48. The van der Waals surface area contributed by atoms with Crippen LogP contribution in [0.5, 0.6) is 0 Å². The van der Waals surface area contributed by atoms with Crippen LogP contribution in [0.1, 0.15) is 28.0 Å². The molecular weight excluding hydrogens is 297 g/mol. The zero-order chi connectivity index (χ0) is 14.3. The molecule has 2 aromatic heterocycles. The first-order valence-electron chi connectivity index (χ1n) is 6.26. The molecule has 0 radical (unpaired) electrons. The van der Waals surface area contributed by atoms with Gasteiger partial charge in [-0.3, -0.25) is 0 Å². The molecule has 0 bridgehead atoms. The molecule has 104 valence electrons. The topological polar surface area (TPSA) is 30.7 Å². The number of alkyl halides is 1. The lowest BCUT2D eigenvalue weighted by Gasteiger charge is -2.08. The van der Waals surface area contributed by atoms with Gasteiger partial charge >= 0.3 is 0 Å². The maximum atomic E-state index is 13.9. The van der Waals surface area contributed by atoms with Gasteiger partial charge in [-0.25, -0.2) is 14.4 Å². The number of nitrogens with zero attached hydrogens (tertiary/aromatic N) is 3. The fourth-order valence-corrected chi connectivity index (χ4v) is 3.15. The lowest BCUT2D eigenvalue weighted by molar-refractivity contribution is 0.637. The Morgan fingerprint density at radius 2 is 2.25 bits per heavy atom. The van der Waals surface area contributed by atoms with E-state index in [0.29, 0.717) is 17.9 Å². The third kappa shape index (κ3) is 2.31. The molecule has 0 N–H and O–H groups in total. The third-order valence-corrected chi connectivity index (χ3v) is 4.17. The van der Waals surface area contributed by atoms with Crippen LogP contribution in [0, 0.1) is 12.7 Å². The van der Waals surface area contributed by atoms with E-state index in [-0.39, 0.29) is 11.2 Å². The predicted molar refractivity (Wildman–Crippen MR) is 79.9 cm³/mol. The van der Waals surface area contributed by atoms with Crippen LogP contribution < -0.4 is 0 Å². The number of para-hydroxylation sites is 1. The summed E-state index contributed by atoms with van der Waals surface area (Å²) in [5.74, 6) is 0.342. The van der Waals surface area contributed by atoms with Crippen molar-refractivity contribution in [2.45, 2.75) is 25.8 Å². The van der Waals surface area contributed by atoms with Gasteiger partial charge < -0.3 is 4.57 Å². The van der Waals surface area contributed by atoms with E-state index >= 15 is 0 Å². The average Bonchev–Trinajstić information content (AvgIpc) is 2.96. The number of imidazole rings is 1. The largest absolute Gasteiger partial charge is 0.320 e. The minimum atomic E-state index is -0.324. The van der Waals surface area contributed by atoms with Gasteiger partial charge in [0.1, 0.15) is 16.3 Å². The van der Waals surface area contributed by atoms with Gasteiger partial charge in [0.15, 0.2) is 5.82 Å². The van der Waals surface area contributed by atoms with Crippen molar-refractivity contribution in [3.8, 4) is 0 Å². The van der Waals surface area contributed by atoms with Crippen molar-refractivity contribution in [3.05, 3.63) is 45.9 Å². The van der Waals surface area contributed by atoms with E-state index in [4.69, 9.17) is 11.6 Å². The predicted octanol–water partition coefficient (Wildman–Crippen LogP) is 4.29. The highest BCUT2D eigenvalue weighted by atomic mass is 35.5. The molecule has 0 saturated carbocycles. The second-order valence-corrected chi connectivity index (χ2v) is 6.62. The number of aryl methyl sites for hydroxylation is 1. The highest BCUT2D eigenvalue weighted by molar-refractivity contribution is 7.11. The first-order valence-corrected chi connectivity index (χ1v) is 7.51. The highest BCUT2D eigenvalue weighted by Crippen LogP contribution is 2.27. The minimum absolute atomic E-state index is 0.289. The monoisotopic (exact) mass is 309 g/mol. The van der Waals surface area contributed by atoms with Gasteiger partial charge in [-0.15, -0.1) is 22.9 Å². The van der Waals surface area contributed by atoms with Gasteiger partial charge in [0.25, 0.3) is 0 Å². The summed E-state index contributed by atoms with van der Waals surface area (Å²) >= 11 is 7.80. The van der Waals surface area contributed by atoms with Crippen molar-refractivity contribution in [2.24, 2.45) is 0 Å². The molecule has 0 fully saturated rings. The maximum absolute atomic E-state index is 13.9. The quantitative estimate of drug-likeness (QED) is 0.676. The second kappa shape index (κ2) is 5.14. The van der Waals surface area contributed by atoms with Crippen molar-refractivity contribution in [2.75, 3.05) is 0 Å². The highest BCUT2D eigenvalue weighted by Gasteiger charge is 2.18. The molecule has 6 heteroatoms. The third-order valence-electron chi connectivity index (χ3n) is 3.08. The van der Waals surface area contributed by atoms with E-state index in [9.17, 15) is 4.39 Å². The molecular formula is C14H13ClFN3S. The molecule has 0 saturated heterocycles. The number of fused-ring (bicyclic) bond motifs is 1. The van der Waals surface area contributed by atoms with Gasteiger partial charge in [-0.1, -0.05) is 6.07 Å². The minimum Gasteiger partial charge on any atom is -0.320 e. The van der Waals surface area contributed by atoms with Gasteiger partial charge in [0.2, 0.25) is 0 Å². The summed E-state index contributed by atoms with van der Waals surface area (Å²) in [5, 5.41) is 0.674. The van der Waals surface area contributed by atoms with Crippen molar-refractivity contribution in [1.82, 2.24) is 14.5 Å². The Morgan fingerprint density at radius 3 is 2.90 bits per heavy atom. The molecule has 1 aromatic carbocycles. The van der Waals surface area contributed by atoms with Crippen LogP contribution in [-0.2, 0) is 6.54 Å². The van der Waals surface area contributed by atoms with Crippen LogP contribution in [0.2, 0.25) is 0 Å². The fraction of sp³-hybridized carbons (Fsp3) is 0.286. The van der Waals surface area contributed by atoms with E-state index in [1.54, 1.807) is 17.4 Å². The Morgan fingerprint density at radius 1 is 1.45 bits per heavy atom. The smallest absolute Gasteiger partial charge is 0.151 e. The van der Waals surface area contributed by atoms with Gasteiger partial charge in [0, 0.05) is 11.1 Å². The van der Waals surface area contributed by atoms with E-state index in [0.717, 1.165) is 15.4 Å². The normalized spacial score (nSPS) is 13.0. The summed E-state index contributed by atoms with van der Waals surface area (Å²) in [6.07, 6.45) is 1.84. The van der Waals surface area contributed by atoms with Crippen LogP contribution in [0.3, 0.4) is 0 Å². The number of thiazole rings is 1. The first kappa shape index (κ1) is 13.5. The number of hydrogen-bond acceptors (Lipinski definition) is 3. The van der Waals surface area contributed by atoms with Crippen molar-refractivity contribution < 1.29 is 4.39 Å². The summed E-state index contributed by atoms with van der Waals surface area (Å²) < 4.78 is 15.8. The summed E-state index contributed by atoms with van der Waals surface area (Å²) in [4.78, 5) is 9.85. The lowest BCUT2D eigenvalue weighted by Crippen LogP contribution is -2.05. The zero-order valence-electron chi connectivity index (χ0n) is 11.1. The molecule has 3 rings (SSSR count). The summed E-state index contributed by atoms with van der Waals surface area (Å²) in [6.45, 7) is 4.41. The lowest BCUT2D eigenvalue weighted by atomic mass is 10.3. The van der Waals surface area contributed by atoms with Crippen LogP contribution >= 0.6 is 22.9 Å². The van der Waals surface area contributed by atoms with E-state index in [1.807, 2.05) is 30.7 Å². The molecule has 3 aromatic rings. The van der Waals surface area contributed by atoms with Crippen molar-refractivity contribution in [1.29, 1.82) is 0 Å². The standard InChI is InChI=1S/C14H13ClFN3S/c1-8-6-17-12(20-8)7-19-11-5-3-4-10(16)13(11)18-14(19)9(2)15/h3-6,9H,7H2,1-2H3. The number of halogens is 2. The van der Waals surface area contributed by atoms with Gasteiger partial charge in [0.05, 0.1) is 17.4 Å². The average molecular weight is 310 g/mol. The number of hydrogen-bond donors (Lipinski definition) is 0. The first-order chi connectivity index (χ1) is 9.56. The Balaban J connectivity index is 2.16. The molecule has 20 heavy (non-hydrogen) atoms. The van der Waals surface area contributed by atoms with E-state index in [2.05, 4.69) is 9.97 Å². The van der Waals surface area contributed by atoms with Gasteiger partial charge in [-0.05, 0) is 26.0 Å². The molecule has 3 nitrogen and oxygen atoms in total. The molecule has 0 aliphatic heterocycles. The van der Waals surface area contributed by atoms with Crippen LogP contribution in [0.25, 0.3) is 11.0 Å². The van der Waals surface area contributed by atoms with Gasteiger partial charge in [-0.2, -0.15) is 0 Å². The summed E-state index contributed by atoms with van der Waals surface area (Å²) in [5.41, 5.74) is 1.11. The molecule has 2 heterocycles. The van der Waals surface area contributed by atoms with Crippen molar-refractivity contribution >= 4 is 34.0 Å². The van der Waals surface area contributed by atoms with Crippen LogP contribution in [-0.4, -0.2) is 14.5 Å². The Hall–Kier alpha value is -1.46. The molecule has 0 amide bonds. The zero-order valence-corrected chi connectivity index (χ0v) is 12.7. The summed E-state index contributed by atoms with van der Waals surface area (Å²) in [6, 6.07) is 4.95. The summed E-state index contributed by atoms with van der Waals surface area (Å²) in [7, 11) is 0. The van der Waals surface area contributed by atoms with E-state index < -0.39 is 0 Å². The van der Waals surface area contributed by atoms with Crippen molar-refractivity contribution in [3.63, 3.8) is 0 Å². The molecule has 0 aliphatic carbocycles. The fourth-order valence-electron chi connectivity index (χ4n) is 2.21. The molecule has 1 atom stereocenters. The van der Waals surface area contributed by atoms with Crippen LogP contribution in [0.4, 0.5) is 4.39 Å².